The van der Waals surface area contributed by atoms with E-state index in [1.54, 1.807) is 0 Å². The van der Waals surface area contributed by atoms with Crippen LogP contribution in [-0.2, 0) is 0 Å². The number of rotatable bonds is 7. The topological polar surface area (TPSA) is 29.0 Å². The van der Waals surface area contributed by atoms with Crippen LogP contribution in [0.5, 0.6) is 0 Å². The summed E-state index contributed by atoms with van der Waals surface area (Å²) in [6.07, 6.45) is 0. The predicted octanol–water partition coefficient (Wildman–Crippen LogP) is 15.3. The Morgan fingerprint density at radius 1 is 0.345 bits per heavy atom. The molecule has 58 heavy (non-hydrogen) atoms. The molecule has 0 radical (unpaired) electrons. The summed E-state index contributed by atoms with van der Waals surface area (Å²) in [6.45, 7) is 0. The molecule has 2 aromatic heterocycles. The van der Waals surface area contributed by atoms with Crippen molar-refractivity contribution in [3.05, 3.63) is 212 Å². The van der Waals surface area contributed by atoms with Crippen LogP contribution >= 0.6 is 11.3 Å². The number of para-hydroxylation sites is 1. The van der Waals surface area contributed by atoms with Crippen LogP contribution in [0.25, 0.3) is 86.7 Å². The van der Waals surface area contributed by atoms with E-state index < -0.39 is 0 Å². The van der Waals surface area contributed by atoms with Gasteiger partial charge < -0.3 is 4.90 Å². The van der Waals surface area contributed by atoms with Gasteiger partial charge in [-0.2, -0.15) is 0 Å². The van der Waals surface area contributed by atoms with Crippen molar-refractivity contribution in [1.82, 2.24) is 9.97 Å². The molecule has 272 valence electrons. The number of anilines is 3. The highest BCUT2D eigenvalue weighted by atomic mass is 32.1. The highest BCUT2D eigenvalue weighted by Gasteiger charge is 2.17. The first kappa shape index (κ1) is 33.9. The van der Waals surface area contributed by atoms with Gasteiger partial charge in [-0.25, -0.2) is 9.97 Å². The molecule has 0 saturated carbocycles. The molecule has 2 heterocycles. The summed E-state index contributed by atoms with van der Waals surface area (Å²) in [7, 11) is 0. The van der Waals surface area contributed by atoms with Gasteiger partial charge in [-0.1, -0.05) is 152 Å². The largest absolute Gasteiger partial charge is 0.311 e. The van der Waals surface area contributed by atoms with Gasteiger partial charge in [-0.15, -0.1) is 11.3 Å². The van der Waals surface area contributed by atoms with E-state index in [0.29, 0.717) is 5.82 Å². The third-order valence-corrected chi connectivity index (χ3v) is 12.3. The molecule has 0 fully saturated rings. The molecule has 0 unspecified atom stereocenters. The Labute approximate surface area is 340 Å². The summed E-state index contributed by atoms with van der Waals surface area (Å²) in [5.74, 6) is 0.702. The van der Waals surface area contributed by atoms with Crippen LogP contribution in [0.4, 0.5) is 17.1 Å². The maximum absolute atomic E-state index is 5.30. The van der Waals surface area contributed by atoms with E-state index in [1.165, 1.54) is 53.2 Å². The van der Waals surface area contributed by atoms with E-state index >= 15 is 0 Å². The number of hydrogen-bond acceptors (Lipinski definition) is 4. The van der Waals surface area contributed by atoms with Crippen molar-refractivity contribution in [2.24, 2.45) is 0 Å². The van der Waals surface area contributed by atoms with E-state index in [4.69, 9.17) is 9.97 Å². The SMILES string of the molecule is c1ccc(-c2ccc(N(c3ccc(-c4ccccc4)cc3)c3ccc(-c4nc(-c5ccc6c(c5)sc5c7ccccc7ccc65)c5ccccc5n4)cc3)cc2)cc1. The first-order chi connectivity index (χ1) is 28.7. The number of fused-ring (bicyclic) bond motifs is 6. The zero-order chi connectivity index (χ0) is 38.4. The van der Waals surface area contributed by atoms with Crippen molar-refractivity contribution >= 4 is 70.2 Å². The normalized spacial score (nSPS) is 11.4. The maximum Gasteiger partial charge on any atom is 0.160 e. The second-order valence-electron chi connectivity index (χ2n) is 14.6. The van der Waals surface area contributed by atoms with Crippen LogP contribution in [0.15, 0.2) is 212 Å². The van der Waals surface area contributed by atoms with Gasteiger partial charge in [0.1, 0.15) is 0 Å². The van der Waals surface area contributed by atoms with Gasteiger partial charge in [0, 0.05) is 53.7 Å². The lowest BCUT2D eigenvalue weighted by Crippen LogP contribution is -2.09. The van der Waals surface area contributed by atoms with Gasteiger partial charge in [0.2, 0.25) is 0 Å². The number of benzene rings is 9. The van der Waals surface area contributed by atoms with Gasteiger partial charge in [0.25, 0.3) is 0 Å². The van der Waals surface area contributed by atoms with Crippen molar-refractivity contribution in [2.45, 2.75) is 0 Å². The van der Waals surface area contributed by atoms with Gasteiger partial charge in [0.05, 0.1) is 11.2 Å². The smallest absolute Gasteiger partial charge is 0.160 e. The number of hydrogen-bond donors (Lipinski definition) is 0. The van der Waals surface area contributed by atoms with Gasteiger partial charge >= 0.3 is 0 Å². The quantitative estimate of drug-likeness (QED) is 0.162. The molecule has 11 aromatic rings. The molecule has 0 aliphatic carbocycles. The average Bonchev–Trinajstić information content (AvgIpc) is 3.69. The molecule has 0 aliphatic rings. The van der Waals surface area contributed by atoms with E-state index in [-0.39, 0.29) is 0 Å². The lowest BCUT2D eigenvalue weighted by molar-refractivity contribution is 1.22. The molecule has 0 N–H and O–H groups in total. The van der Waals surface area contributed by atoms with Crippen LogP contribution in [0.2, 0.25) is 0 Å². The fourth-order valence-electron chi connectivity index (χ4n) is 8.15. The highest BCUT2D eigenvalue weighted by molar-refractivity contribution is 7.26. The third-order valence-electron chi connectivity index (χ3n) is 11.1. The summed E-state index contributed by atoms with van der Waals surface area (Å²) < 4.78 is 2.58. The lowest BCUT2D eigenvalue weighted by atomic mass is 10.0. The molecule has 3 nitrogen and oxygen atoms in total. The Balaban J connectivity index is 0.984. The summed E-state index contributed by atoms with van der Waals surface area (Å²) in [6, 6.07) is 75.6. The van der Waals surface area contributed by atoms with Crippen molar-refractivity contribution in [2.75, 3.05) is 4.90 Å². The molecule has 11 rings (SSSR count). The molecule has 4 heteroatoms. The molecule has 0 aliphatic heterocycles. The molecular weight excluding hydrogens is 723 g/mol. The third kappa shape index (κ3) is 6.08. The number of nitrogens with zero attached hydrogens (tertiary/aromatic N) is 3. The van der Waals surface area contributed by atoms with E-state index in [0.717, 1.165) is 44.8 Å². The Kier molecular flexibility index (Phi) is 8.34. The molecule has 0 bridgehead atoms. The Morgan fingerprint density at radius 2 is 0.845 bits per heavy atom. The van der Waals surface area contributed by atoms with Crippen LogP contribution < -0.4 is 4.90 Å². The number of thiophene rings is 1. The van der Waals surface area contributed by atoms with Crippen molar-refractivity contribution < 1.29 is 0 Å². The molecule has 9 aromatic carbocycles. The van der Waals surface area contributed by atoms with Crippen LogP contribution in [0, 0.1) is 0 Å². The van der Waals surface area contributed by atoms with Gasteiger partial charge in [0.15, 0.2) is 5.82 Å². The first-order valence-corrected chi connectivity index (χ1v) is 20.4. The highest BCUT2D eigenvalue weighted by Crippen LogP contribution is 2.42. The maximum atomic E-state index is 5.30. The Hall–Kier alpha value is -7.40. The molecule has 0 saturated heterocycles. The van der Waals surface area contributed by atoms with Crippen LogP contribution in [-0.4, -0.2) is 9.97 Å². The summed E-state index contributed by atoms with van der Waals surface area (Å²) in [5.41, 5.74) is 11.9. The minimum Gasteiger partial charge on any atom is -0.311 e. The van der Waals surface area contributed by atoms with E-state index in [9.17, 15) is 0 Å². The summed E-state index contributed by atoms with van der Waals surface area (Å²) >= 11 is 1.86. The van der Waals surface area contributed by atoms with E-state index in [1.807, 2.05) is 11.3 Å². The second kappa shape index (κ2) is 14.3. The Bertz CT molecular complexity index is 3160. The molecule has 0 atom stereocenters. The molecular formula is C54H35N3S. The standard InChI is InChI=1S/C54H35N3S/c1-3-11-36(12-4-1)38-19-27-43(28-20-38)57(44-29-21-39(22-30-44)37-13-5-2-6-14-37)45-31-23-41(24-32-45)54-55-50-18-10-9-17-49(50)52(56-54)42-26-33-47-48-34-25-40-15-7-8-16-46(40)53(48)58-51(47)35-42/h1-35H. The number of aromatic nitrogens is 2. The van der Waals surface area contributed by atoms with Crippen LogP contribution in [0.3, 0.4) is 0 Å². The minimum atomic E-state index is 0.702. The second-order valence-corrected chi connectivity index (χ2v) is 15.6. The molecule has 0 amide bonds. The fourth-order valence-corrected chi connectivity index (χ4v) is 9.43. The predicted molar refractivity (Wildman–Crippen MR) is 246 cm³/mol. The summed E-state index contributed by atoms with van der Waals surface area (Å²) in [4.78, 5) is 12.7. The molecule has 0 spiro atoms. The zero-order valence-corrected chi connectivity index (χ0v) is 32.3. The Morgan fingerprint density at radius 3 is 1.48 bits per heavy atom. The van der Waals surface area contributed by atoms with Crippen LogP contribution in [0.1, 0.15) is 0 Å². The van der Waals surface area contributed by atoms with Gasteiger partial charge in [-0.05, 0) is 93.7 Å². The van der Waals surface area contributed by atoms with Crippen molar-refractivity contribution in [3.8, 4) is 44.9 Å². The minimum absolute atomic E-state index is 0.702. The van der Waals surface area contributed by atoms with E-state index in [2.05, 4.69) is 217 Å². The van der Waals surface area contributed by atoms with Crippen molar-refractivity contribution in [3.63, 3.8) is 0 Å². The lowest BCUT2D eigenvalue weighted by Gasteiger charge is -2.26. The zero-order valence-electron chi connectivity index (χ0n) is 31.5. The average molecular weight is 758 g/mol. The monoisotopic (exact) mass is 757 g/mol. The first-order valence-electron chi connectivity index (χ1n) is 19.6. The summed E-state index contributed by atoms with van der Waals surface area (Å²) in [5, 5.41) is 6.18. The van der Waals surface area contributed by atoms with Crippen molar-refractivity contribution in [1.29, 1.82) is 0 Å². The fraction of sp³-hybridized carbons (Fsp3) is 0. The van der Waals surface area contributed by atoms with Gasteiger partial charge in [-0.3, -0.25) is 0 Å².